The van der Waals surface area contributed by atoms with E-state index in [4.69, 9.17) is 11.6 Å². The first-order chi connectivity index (χ1) is 15.9. The molecule has 0 spiro atoms. The van der Waals surface area contributed by atoms with Gasteiger partial charge in [-0.25, -0.2) is 4.98 Å². The van der Waals surface area contributed by atoms with Crippen LogP contribution in [-0.2, 0) is 0 Å². The number of rotatable bonds is 5. The Bertz CT molecular complexity index is 1150. The van der Waals surface area contributed by atoms with Crippen molar-refractivity contribution in [1.82, 2.24) is 24.8 Å². The lowest BCUT2D eigenvalue weighted by atomic mass is 9.91. The van der Waals surface area contributed by atoms with Crippen molar-refractivity contribution in [2.45, 2.75) is 59.1 Å². The van der Waals surface area contributed by atoms with Gasteiger partial charge in [0.05, 0.1) is 0 Å². The van der Waals surface area contributed by atoms with Crippen LogP contribution >= 0.6 is 11.6 Å². The minimum atomic E-state index is -4.71. The first kappa shape index (κ1) is 24.5. The molecular formula is C23H28ClF3N6O. The number of benzene rings is 1. The zero-order valence-corrected chi connectivity index (χ0v) is 20.4. The highest BCUT2D eigenvalue weighted by Crippen LogP contribution is 2.36. The molecule has 1 unspecified atom stereocenters. The van der Waals surface area contributed by atoms with Gasteiger partial charge in [-0.1, -0.05) is 26.0 Å². The molecule has 34 heavy (non-hydrogen) atoms. The summed E-state index contributed by atoms with van der Waals surface area (Å²) >= 11 is 6.20. The van der Waals surface area contributed by atoms with Crippen LogP contribution in [0.1, 0.15) is 45.1 Å². The van der Waals surface area contributed by atoms with Crippen molar-refractivity contribution >= 4 is 28.6 Å². The van der Waals surface area contributed by atoms with Crippen molar-refractivity contribution < 1.29 is 17.9 Å². The molecule has 0 bridgehead atoms. The Morgan fingerprint density at radius 2 is 1.74 bits per heavy atom. The summed E-state index contributed by atoms with van der Waals surface area (Å²) in [5.74, 6) is 1.49. The van der Waals surface area contributed by atoms with Crippen LogP contribution < -0.4 is 9.64 Å². The van der Waals surface area contributed by atoms with Gasteiger partial charge in [0.25, 0.3) is 0 Å². The SMILES string of the molecule is Cc1nc2nc(Cl)nc(N3C[C@@H](C)N(C(c4ccc(OC(F)(F)F)cc4)C(C)C)C[C@@H]3C)c2[nH]1. The van der Waals surface area contributed by atoms with Crippen molar-refractivity contribution in [3.05, 3.63) is 40.9 Å². The Balaban J connectivity index is 1.59. The van der Waals surface area contributed by atoms with E-state index in [-0.39, 0.29) is 35.1 Å². The van der Waals surface area contributed by atoms with Crippen LogP contribution in [0.15, 0.2) is 24.3 Å². The maximum Gasteiger partial charge on any atom is 0.573 e. The molecule has 0 amide bonds. The molecule has 7 nitrogen and oxygen atoms in total. The van der Waals surface area contributed by atoms with Crippen LogP contribution in [-0.4, -0.2) is 56.4 Å². The van der Waals surface area contributed by atoms with Gasteiger partial charge >= 0.3 is 6.36 Å². The van der Waals surface area contributed by atoms with Gasteiger partial charge in [-0.3, -0.25) is 4.90 Å². The summed E-state index contributed by atoms with van der Waals surface area (Å²) < 4.78 is 41.7. The fourth-order valence-corrected chi connectivity index (χ4v) is 5.00. The molecule has 1 aromatic carbocycles. The highest BCUT2D eigenvalue weighted by Gasteiger charge is 2.37. The molecule has 0 radical (unpaired) electrons. The second kappa shape index (κ2) is 9.22. The van der Waals surface area contributed by atoms with Crippen LogP contribution in [0.4, 0.5) is 19.0 Å². The second-order valence-corrected chi connectivity index (χ2v) is 9.53. The Labute approximate surface area is 201 Å². The monoisotopic (exact) mass is 496 g/mol. The van der Waals surface area contributed by atoms with Gasteiger partial charge in [-0.2, -0.15) is 9.97 Å². The van der Waals surface area contributed by atoms with E-state index in [1.54, 1.807) is 12.1 Å². The number of imidazole rings is 1. The molecule has 0 saturated carbocycles. The highest BCUT2D eigenvalue weighted by atomic mass is 35.5. The van der Waals surface area contributed by atoms with E-state index in [2.05, 4.69) is 62.2 Å². The summed E-state index contributed by atoms with van der Waals surface area (Å²) in [5, 5.41) is 0.150. The number of piperazine rings is 1. The van der Waals surface area contributed by atoms with Gasteiger partial charge in [-0.05, 0) is 56.0 Å². The Morgan fingerprint density at radius 1 is 1.06 bits per heavy atom. The predicted octanol–water partition coefficient (Wildman–Crippen LogP) is 5.51. The summed E-state index contributed by atoms with van der Waals surface area (Å²) in [6, 6.07) is 6.46. The van der Waals surface area contributed by atoms with E-state index in [0.717, 1.165) is 29.3 Å². The van der Waals surface area contributed by atoms with Gasteiger partial charge in [0, 0.05) is 31.2 Å². The summed E-state index contributed by atoms with van der Waals surface area (Å²) in [7, 11) is 0. The van der Waals surface area contributed by atoms with Crippen LogP contribution in [0, 0.1) is 12.8 Å². The molecule has 2 aromatic heterocycles. The van der Waals surface area contributed by atoms with E-state index in [1.165, 1.54) is 12.1 Å². The molecule has 1 saturated heterocycles. The van der Waals surface area contributed by atoms with Gasteiger partial charge in [0.1, 0.15) is 17.1 Å². The molecule has 3 atom stereocenters. The van der Waals surface area contributed by atoms with Crippen molar-refractivity contribution in [3.8, 4) is 5.75 Å². The lowest BCUT2D eigenvalue weighted by Gasteiger charge is -2.49. The second-order valence-electron chi connectivity index (χ2n) is 9.19. The van der Waals surface area contributed by atoms with Gasteiger partial charge in [0.15, 0.2) is 11.5 Å². The van der Waals surface area contributed by atoms with Crippen molar-refractivity contribution in [3.63, 3.8) is 0 Å². The number of alkyl halides is 3. The third-order valence-corrected chi connectivity index (χ3v) is 6.34. The highest BCUT2D eigenvalue weighted by molar-refractivity contribution is 6.28. The van der Waals surface area contributed by atoms with E-state index in [9.17, 15) is 13.2 Å². The van der Waals surface area contributed by atoms with E-state index in [0.29, 0.717) is 12.2 Å². The summed E-state index contributed by atoms with van der Waals surface area (Å²) in [6.45, 7) is 11.8. The van der Waals surface area contributed by atoms with Crippen LogP contribution in [0.2, 0.25) is 5.28 Å². The first-order valence-corrected chi connectivity index (χ1v) is 11.6. The topological polar surface area (TPSA) is 70.2 Å². The third kappa shape index (κ3) is 5.07. The number of nitrogens with one attached hydrogen (secondary N) is 1. The average Bonchev–Trinajstić information content (AvgIpc) is 3.09. The van der Waals surface area contributed by atoms with E-state index < -0.39 is 6.36 Å². The molecule has 1 fully saturated rings. The number of halogens is 4. The average molecular weight is 497 g/mol. The molecule has 184 valence electrons. The fourth-order valence-electron chi connectivity index (χ4n) is 4.84. The molecule has 1 aliphatic heterocycles. The normalized spacial score (nSPS) is 20.8. The number of aryl methyl sites for hydroxylation is 1. The van der Waals surface area contributed by atoms with Gasteiger partial charge in [-0.15, -0.1) is 13.2 Å². The van der Waals surface area contributed by atoms with E-state index >= 15 is 0 Å². The first-order valence-electron chi connectivity index (χ1n) is 11.2. The number of aromatic amines is 1. The molecule has 3 heterocycles. The van der Waals surface area contributed by atoms with E-state index in [1.807, 2.05) is 6.92 Å². The quantitative estimate of drug-likeness (QED) is 0.470. The molecule has 4 rings (SSSR count). The summed E-state index contributed by atoms with van der Waals surface area (Å²) in [6.07, 6.45) is -4.71. The maximum absolute atomic E-state index is 12.6. The number of H-pyrrole nitrogens is 1. The number of ether oxygens (including phenoxy) is 1. The zero-order chi connectivity index (χ0) is 24.8. The molecule has 1 aliphatic rings. The van der Waals surface area contributed by atoms with Gasteiger partial charge in [0.2, 0.25) is 5.28 Å². The number of aromatic nitrogens is 4. The van der Waals surface area contributed by atoms with Crippen LogP contribution in [0.25, 0.3) is 11.2 Å². The lowest BCUT2D eigenvalue weighted by Crippen LogP contribution is -2.58. The standard InChI is InChI=1S/C23H28ClF3N6O/c1-12(2)19(16-6-8-17(9-7-16)34-23(25,26)27)32-10-14(4)33(11-13(32)3)21-18-20(29-15(5)28-18)30-22(24)31-21/h6-9,12-14,19H,10-11H2,1-5H3,(H,28,29,30,31)/t13-,14+,19?/m1/s1. The number of hydrogen-bond donors (Lipinski definition) is 1. The lowest BCUT2D eigenvalue weighted by molar-refractivity contribution is -0.274. The molecule has 1 N–H and O–H groups in total. The number of hydrogen-bond acceptors (Lipinski definition) is 6. The molecule has 0 aliphatic carbocycles. The molecule has 11 heteroatoms. The fraction of sp³-hybridized carbons (Fsp3) is 0.522. The summed E-state index contributed by atoms with van der Waals surface area (Å²) in [5.41, 5.74) is 2.25. The smallest absolute Gasteiger partial charge is 0.406 e. The minimum absolute atomic E-state index is 0.0305. The van der Waals surface area contributed by atoms with Crippen LogP contribution in [0.5, 0.6) is 5.75 Å². The number of nitrogens with zero attached hydrogens (tertiary/aromatic N) is 5. The van der Waals surface area contributed by atoms with Gasteiger partial charge < -0.3 is 14.6 Å². The third-order valence-electron chi connectivity index (χ3n) is 6.17. The number of anilines is 1. The summed E-state index contributed by atoms with van der Waals surface area (Å²) in [4.78, 5) is 21.0. The van der Waals surface area contributed by atoms with Crippen molar-refractivity contribution in [2.24, 2.45) is 5.92 Å². The largest absolute Gasteiger partial charge is 0.573 e. The Hall–Kier alpha value is -2.59. The Kier molecular flexibility index (Phi) is 6.65. The zero-order valence-electron chi connectivity index (χ0n) is 19.7. The van der Waals surface area contributed by atoms with Crippen molar-refractivity contribution in [1.29, 1.82) is 0 Å². The molecular weight excluding hydrogens is 469 g/mol. The Morgan fingerprint density at radius 3 is 2.35 bits per heavy atom. The number of fused-ring (bicyclic) bond motifs is 1. The molecule has 3 aromatic rings. The maximum atomic E-state index is 12.6. The van der Waals surface area contributed by atoms with Crippen molar-refractivity contribution in [2.75, 3.05) is 18.0 Å². The van der Waals surface area contributed by atoms with Crippen LogP contribution in [0.3, 0.4) is 0 Å². The predicted molar refractivity (Wildman–Crippen MR) is 125 cm³/mol. The minimum Gasteiger partial charge on any atom is -0.406 e.